The molecule has 13 heavy (non-hydrogen) atoms. The van der Waals surface area contributed by atoms with Gasteiger partial charge in [-0.1, -0.05) is 0 Å². The average molecular weight is 291 g/mol. The third-order valence-corrected chi connectivity index (χ3v) is 4.03. The fourth-order valence-corrected chi connectivity index (χ4v) is 3.47. The molecule has 0 unspecified atom stereocenters. The molecule has 0 aromatic heterocycles. The Hall–Kier alpha value is 0.759. The van der Waals surface area contributed by atoms with E-state index in [0.717, 1.165) is 29.5 Å². The zero-order valence-corrected chi connectivity index (χ0v) is 13.2. The molecule has 0 saturated carbocycles. The van der Waals surface area contributed by atoms with Gasteiger partial charge in [0.2, 0.25) is 0 Å². The Morgan fingerprint density at radius 2 is 1.23 bits per heavy atom. The van der Waals surface area contributed by atoms with Crippen LogP contribution < -0.4 is 0 Å². The molecule has 0 spiro atoms. The average Bonchev–Trinajstić information content (AvgIpc) is 1.97. The van der Waals surface area contributed by atoms with Crippen LogP contribution in [0.5, 0.6) is 0 Å². The van der Waals surface area contributed by atoms with Gasteiger partial charge in [0.15, 0.2) is 0 Å². The molecule has 0 heterocycles. The molecule has 0 atom stereocenters. The van der Waals surface area contributed by atoms with Crippen molar-refractivity contribution in [1.82, 2.24) is 0 Å². The first-order chi connectivity index (χ1) is 5.89. The second-order valence-corrected chi connectivity index (χ2v) is 5.84. The van der Waals surface area contributed by atoms with Crippen LogP contribution in [-0.4, -0.2) is 29.5 Å². The third-order valence-electron chi connectivity index (χ3n) is 3.56. The van der Waals surface area contributed by atoms with E-state index in [1.165, 1.54) is 0 Å². The van der Waals surface area contributed by atoms with Crippen LogP contribution in [0.15, 0.2) is 0 Å². The zero-order valence-electron chi connectivity index (χ0n) is 9.92. The molecule has 0 saturated heterocycles. The molecule has 0 bridgehead atoms. The van der Waals surface area contributed by atoms with Crippen molar-refractivity contribution in [3.8, 4) is 0 Å². The summed E-state index contributed by atoms with van der Waals surface area (Å²) >= 11 is 0.918. The van der Waals surface area contributed by atoms with Gasteiger partial charge >= 0.3 is 97.3 Å². The summed E-state index contributed by atoms with van der Waals surface area (Å²) in [7, 11) is 0. The van der Waals surface area contributed by atoms with Crippen molar-refractivity contribution in [3.63, 3.8) is 0 Å². The quantitative estimate of drug-likeness (QED) is 0.708. The second kappa shape index (κ2) is 5.59. The van der Waals surface area contributed by atoms with E-state index in [4.69, 9.17) is 3.07 Å². The van der Waals surface area contributed by atoms with Gasteiger partial charge in [-0.25, -0.2) is 0 Å². The van der Waals surface area contributed by atoms with Gasteiger partial charge in [-0.15, -0.1) is 0 Å². The maximum absolute atomic E-state index is 5.52. The molecule has 0 amide bonds. The van der Waals surface area contributed by atoms with E-state index in [1.54, 1.807) is 0 Å². The summed E-state index contributed by atoms with van der Waals surface area (Å²) in [5, 5.41) is 0. The topological polar surface area (TPSA) is 9.23 Å². The number of hydrogen-bond acceptors (Lipinski definition) is 1. The summed E-state index contributed by atoms with van der Waals surface area (Å²) in [4.78, 5) is 0. The summed E-state index contributed by atoms with van der Waals surface area (Å²) in [5.74, 6) is 2.08. The summed E-state index contributed by atoms with van der Waals surface area (Å²) in [6.45, 7) is 14.8. The van der Waals surface area contributed by atoms with Crippen molar-refractivity contribution in [1.29, 1.82) is 0 Å². The predicted octanol–water partition coefficient (Wildman–Crippen LogP) is 2.77. The summed E-state index contributed by atoms with van der Waals surface area (Å²) in [6.07, 6.45) is 0. The Bertz CT molecular complexity index is 119. The minimum atomic E-state index is 0.361. The molecule has 0 aliphatic heterocycles. The normalized spacial score (nSPS) is 13.4. The molecule has 0 aromatic carbocycles. The van der Waals surface area contributed by atoms with Gasteiger partial charge in [-0.05, 0) is 0 Å². The van der Waals surface area contributed by atoms with Gasteiger partial charge in [0, 0.05) is 0 Å². The number of hydrogen-bond donors (Lipinski definition) is 0. The van der Waals surface area contributed by atoms with Crippen LogP contribution in [-0.2, 0) is 3.07 Å². The van der Waals surface area contributed by atoms with Crippen molar-refractivity contribution in [2.75, 3.05) is 6.61 Å². The fourth-order valence-electron chi connectivity index (χ4n) is 2.64. The molecule has 0 rings (SSSR count). The van der Waals surface area contributed by atoms with E-state index in [2.05, 4.69) is 41.5 Å². The van der Waals surface area contributed by atoms with Crippen molar-refractivity contribution in [2.45, 2.75) is 41.5 Å². The van der Waals surface area contributed by atoms with E-state index < -0.39 is 0 Å². The van der Waals surface area contributed by atoms with Crippen LogP contribution in [0.25, 0.3) is 0 Å². The van der Waals surface area contributed by atoms with Crippen LogP contribution in [0.4, 0.5) is 0 Å². The van der Waals surface area contributed by atoms with E-state index in [-0.39, 0.29) is 0 Å². The predicted molar refractivity (Wildman–Crippen MR) is 60.0 cm³/mol. The molecule has 2 radical (unpaired) electrons. The monoisotopic (exact) mass is 292 g/mol. The Labute approximate surface area is 97.3 Å². The first kappa shape index (κ1) is 13.8. The van der Waals surface area contributed by atoms with Crippen molar-refractivity contribution in [2.24, 2.45) is 23.2 Å². The Balaban J connectivity index is 4.82. The molecule has 1 nitrogen and oxygen atoms in total. The Kier molecular flexibility index (Phi) is 5.92. The summed E-state index contributed by atoms with van der Waals surface area (Å²) < 4.78 is 5.52. The molecular formula is C11H24OSn. The van der Waals surface area contributed by atoms with Crippen LogP contribution in [0.3, 0.4) is 0 Å². The standard InChI is InChI=1S/C11H23O.Sn.H/c1-8(2)11(7-12,9(3)4)10(5)6;;/h8-10H,7H2,1-6H3;;/q-1;+1;. The first-order valence-electron chi connectivity index (χ1n) is 5.21. The van der Waals surface area contributed by atoms with Crippen molar-refractivity contribution < 1.29 is 3.07 Å². The second-order valence-electron chi connectivity index (χ2n) is 4.89. The van der Waals surface area contributed by atoms with Crippen LogP contribution in [0.2, 0.25) is 0 Å². The Morgan fingerprint density at radius 3 is 1.31 bits per heavy atom. The van der Waals surface area contributed by atoms with E-state index in [9.17, 15) is 0 Å². The SMILES string of the molecule is CC(C)C(C[O][SnH])(C(C)C)C(C)C. The van der Waals surface area contributed by atoms with Crippen LogP contribution in [0, 0.1) is 23.2 Å². The summed E-state index contributed by atoms with van der Waals surface area (Å²) in [6, 6.07) is 0. The van der Waals surface area contributed by atoms with Gasteiger partial charge in [0.25, 0.3) is 0 Å². The van der Waals surface area contributed by atoms with Crippen LogP contribution >= 0.6 is 0 Å². The maximum atomic E-state index is 5.52. The third kappa shape index (κ3) is 2.85. The Morgan fingerprint density at radius 1 is 0.923 bits per heavy atom. The molecule has 0 aromatic rings. The molecule has 0 fully saturated rings. The van der Waals surface area contributed by atoms with Gasteiger partial charge in [0.1, 0.15) is 0 Å². The van der Waals surface area contributed by atoms with Crippen LogP contribution in [0.1, 0.15) is 41.5 Å². The van der Waals surface area contributed by atoms with E-state index in [0.29, 0.717) is 23.2 Å². The zero-order chi connectivity index (χ0) is 10.6. The van der Waals surface area contributed by atoms with E-state index >= 15 is 0 Å². The molecular weight excluding hydrogens is 267 g/mol. The molecule has 0 aliphatic rings. The van der Waals surface area contributed by atoms with E-state index in [1.807, 2.05) is 0 Å². The molecule has 0 aliphatic carbocycles. The van der Waals surface area contributed by atoms with Gasteiger partial charge in [-0.3, -0.25) is 0 Å². The van der Waals surface area contributed by atoms with Crippen molar-refractivity contribution >= 4 is 22.9 Å². The van der Waals surface area contributed by atoms with Gasteiger partial charge < -0.3 is 0 Å². The van der Waals surface area contributed by atoms with Gasteiger partial charge in [-0.2, -0.15) is 0 Å². The first-order valence-corrected chi connectivity index (χ1v) is 6.55. The minimum absolute atomic E-state index is 0.361. The van der Waals surface area contributed by atoms with Crippen molar-refractivity contribution in [3.05, 3.63) is 0 Å². The number of rotatable bonds is 5. The van der Waals surface area contributed by atoms with Gasteiger partial charge in [0.05, 0.1) is 0 Å². The molecule has 78 valence electrons. The summed E-state index contributed by atoms with van der Waals surface area (Å²) in [5.41, 5.74) is 0.361. The molecule has 2 heteroatoms. The fraction of sp³-hybridized carbons (Fsp3) is 1.00. The molecule has 0 N–H and O–H groups in total.